The highest BCUT2D eigenvalue weighted by molar-refractivity contribution is 6.00. The normalized spacial score (nSPS) is 17.7. The number of amides is 1. The molecule has 3 rings (SSSR count). The fraction of sp³-hybridized carbons (Fsp3) is 0.524. The van der Waals surface area contributed by atoms with Crippen LogP contribution < -0.4 is 0 Å². The molecule has 0 aliphatic carbocycles. The summed E-state index contributed by atoms with van der Waals surface area (Å²) in [5, 5.41) is 13.2. The van der Waals surface area contributed by atoms with E-state index in [1.807, 2.05) is 42.3 Å². The van der Waals surface area contributed by atoms with Gasteiger partial charge in [0.25, 0.3) is 5.91 Å². The van der Waals surface area contributed by atoms with Crippen molar-refractivity contribution in [1.29, 1.82) is 0 Å². The summed E-state index contributed by atoms with van der Waals surface area (Å²) in [6.45, 7) is 5.93. The minimum atomic E-state index is -0.0638. The first-order chi connectivity index (χ1) is 13.6. The first kappa shape index (κ1) is 20.5. The Balaban J connectivity index is 1.75. The van der Waals surface area contributed by atoms with Crippen LogP contribution in [0.25, 0.3) is 11.3 Å². The van der Waals surface area contributed by atoms with Crippen molar-refractivity contribution in [3.63, 3.8) is 0 Å². The molecule has 7 nitrogen and oxygen atoms in total. The van der Waals surface area contributed by atoms with Gasteiger partial charge in [-0.1, -0.05) is 35.5 Å². The van der Waals surface area contributed by atoms with Crippen molar-refractivity contribution in [1.82, 2.24) is 15.0 Å². The van der Waals surface area contributed by atoms with Gasteiger partial charge in [-0.3, -0.25) is 4.79 Å². The number of hydrogen-bond acceptors (Lipinski definition) is 6. The first-order valence-electron chi connectivity index (χ1n) is 9.78. The van der Waals surface area contributed by atoms with E-state index in [1.165, 1.54) is 0 Å². The quantitative estimate of drug-likeness (QED) is 0.783. The third-order valence-corrected chi connectivity index (χ3v) is 5.02. The average molecular weight is 387 g/mol. The van der Waals surface area contributed by atoms with Gasteiger partial charge in [-0.2, -0.15) is 0 Å². The van der Waals surface area contributed by atoms with Gasteiger partial charge in [-0.05, 0) is 20.4 Å². The number of aryl methyl sites for hydroxylation is 1. The van der Waals surface area contributed by atoms with Crippen LogP contribution in [0.5, 0.6) is 0 Å². The van der Waals surface area contributed by atoms with E-state index in [2.05, 4.69) is 10.1 Å². The molecule has 1 aliphatic rings. The van der Waals surface area contributed by atoms with Gasteiger partial charge in [0.05, 0.1) is 13.2 Å². The van der Waals surface area contributed by atoms with E-state index in [9.17, 15) is 4.79 Å². The summed E-state index contributed by atoms with van der Waals surface area (Å²) in [5.41, 5.74) is 1.99. The van der Waals surface area contributed by atoms with Gasteiger partial charge < -0.3 is 24.2 Å². The van der Waals surface area contributed by atoms with Gasteiger partial charge in [0.15, 0.2) is 0 Å². The Morgan fingerprint density at radius 1 is 1.36 bits per heavy atom. The standard InChI is InChI=1S/C21H29N3O4/c1-16-19(20(22-28-16)18-7-4-3-5-8-18)21(26)24-10-12-27-15-17(14-24)13-23(2)9-6-11-25/h3-5,7-8,17,25H,6,9-15H2,1-2H3. The minimum Gasteiger partial charge on any atom is -0.396 e. The lowest BCUT2D eigenvalue weighted by Crippen LogP contribution is -2.39. The van der Waals surface area contributed by atoms with Crippen molar-refractivity contribution in [2.24, 2.45) is 5.92 Å². The molecule has 7 heteroatoms. The molecule has 0 bridgehead atoms. The number of carbonyl (C=O) groups is 1. The number of nitrogens with zero attached hydrogens (tertiary/aromatic N) is 3. The molecular formula is C21H29N3O4. The van der Waals surface area contributed by atoms with Crippen LogP contribution in [0.4, 0.5) is 0 Å². The van der Waals surface area contributed by atoms with Gasteiger partial charge >= 0.3 is 0 Å². The molecule has 28 heavy (non-hydrogen) atoms. The fourth-order valence-corrected chi connectivity index (χ4v) is 3.62. The molecule has 152 valence electrons. The van der Waals surface area contributed by atoms with Gasteiger partial charge in [0.1, 0.15) is 17.0 Å². The zero-order chi connectivity index (χ0) is 19.9. The third kappa shape index (κ3) is 4.98. The van der Waals surface area contributed by atoms with Gasteiger partial charge in [0.2, 0.25) is 0 Å². The second kappa shape index (κ2) is 9.82. The summed E-state index contributed by atoms with van der Waals surface area (Å²) >= 11 is 0. The number of aliphatic hydroxyl groups excluding tert-OH is 1. The fourth-order valence-electron chi connectivity index (χ4n) is 3.62. The first-order valence-corrected chi connectivity index (χ1v) is 9.78. The molecule has 0 spiro atoms. The molecule has 1 atom stereocenters. The van der Waals surface area contributed by atoms with Crippen molar-refractivity contribution < 1.29 is 19.2 Å². The molecule has 1 aliphatic heterocycles. The number of carbonyl (C=O) groups excluding carboxylic acids is 1. The molecule has 1 amide bonds. The average Bonchev–Trinajstić information content (AvgIpc) is 2.94. The molecule has 1 unspecified atom stereocenters. The van der Waals surface area contributed by atoms with Crippen LogP contribution in [0.1, 0.15) is 22.5 Å². The van der Waals surface area contributed by atoms with Crippen LogP contribution in [-0.2, 0) is 4.74 Å². The van der Waals surface area contributed by atoms with E-state index < -0.39 is 0 Å². The largest absolute Gasteiger partial charge is 0.396 e. The minimum absolute atomic E-state index is 0.0638. The van der Waals surface area contributed by atoms with Crippen LogP contribution in [-0.4, -0.2) is 79.0 Å². The molecule has 0 radical (unpaired) electrons. The number of aliphatic hydroxyl groups is 1. The third-order valence-electron chi connectivity index (χ3n) is 5.02. The molecule has 1 fully saturated rings. The predicted octanol–water partition coefficient (Wildman–Crippen LogP) is 2.05. The van der Waals surface area contributed by atoms with Gasteiger partial charge in [-0.15, -0.1) is 0 Å². The lowest BCUT2D eigenvalue weighted by atomic mass is 10.0. The maximum atomic E-state index is 13.4. The Morgan fingerprint density at radius 2 is 2.14 bits per heavy atom. The van der Waals surface area contributed by atoms with E-state index in [0.29, 0.717) is 43.3 Å². The number of ether oxygens (including phenoxy) is 1. The molecule has 1 aromatic carbocycles. The van der Waals surface area contributed by atoms with E-state index in [-0.39, 0.29) is 18.4 Å². The predicted molar refractivity (Wildman–Crippen MR) is 106 cm³/mol. The van der Waals surface area contributed by atoms with Crippen molar-refractivity contribution in [2.45, 2.75) is 13.3 Å². The van der Waals surface area contributed by atoms with Crippen LogP contribution in [0.3, 0.4) is 0 Å². The highest BCUT2D eigenvalue weighted by Gasteiger charge is 2.29. The highest BCUT2D eigenvalue weighted by atomic mass is 16.5. The second-order valence-corrected chi connectivity index (χ2v) is 7.36. The van der Waals surface area contributed by atoms with E-state index >= 15 is 0 Å². The highest BCUT2D eigenvalue weighted by Crippen LogP contribution is 2.27. The molecule has 2 heterocycles. The lowest BCUT2D eigenvalue weighted by molar-refractivity contribution is 0.0732. The maximum Gasteiger partial charge on any atom is 0.259 e. The number of hydrogen-bond donors (Lipinski definition) is 1. The summed E-state index contributed by atoms with van der Waals surface area (Å²) in [5.74, 6) is 0.687. The molecule has 1 N–H and O–H groups in total. The maximum absolute atomic E-state index is 13.4. The summed E-state index contributed by atoms with van der Waals surface area (Å²) in [6.07, 6.45) is 0.743. The Bertz CT molecular complexity index is 762. The zero-order valence-corrected chi connectivity index (χ0v) is 16.6. The summed E-state index contributed by atoms with van der Waals surface area (Å²) < 4.78 is 11.1. The second-order valence-electron chi connectivity index (χ2n) is 7.36. The monoisotopic (exact) mass is 387 g/mol. The summed E-state index contributed by atoms with van der Waals surface area (Å²) in [7, 11) is 2.03. The van der Waals surface area contributed by atoms with E-state index in [0.717, 1.165) is 25.1 Å². The van der Waals surface area contributed by atoms with Gasteiger partial charge in [-0.25, -0.2) is 0 Å². The Morgan fingerprint density at radius 3 is 2.89 bits per heavy atom. The SMILES string of the molecule is Cc1onc(-c2ccccc2)c1C(=O)N1CCOCC(CN(C)CCCO)C1. The topological polar surface area (TPSA) is 79.0 Å². The number of aromatic nitrogens is 1. The van der Waals surface area contributed by atoms with E-state index in [1.54, 1.807) is 6.92 Å². The lowest BCUT2D eigenvalue weighted by Gasteiger charge is -2.27. The molecule has 1 saturated heterocycles. The van der Waals surface area contributed by atoms with E-state index in [4.69, 9.17) is 14.4 Å². The van der Waals surface area contributed by atoms with Crippen LogP contribution in [0.2, 0.25) is 0 Å². The van der Waals surface area contributed by atoms with Crippen LogP contribution >= 0.6 is 0 Å². The molecule has 2 aromatic rings. The summed E-state index contributed by atoms with van der Waals surface area (Å²) in [4.78, 5) is 17.4. The number of benzene rings is 1. The van der Waals surface area contributed by atoms with Crippen molar-refractivity contribution >= 4 is 5.91 Å². The number of rotatable bonds is 7. The van der Waals surface area contributed by atoms with Crippen LogP contribution in [0.15, 0.2) is 34.9 Å². The van der Waals surface area contributed by atoms with Gasteiger partial charge in [0, 0.05) is 44.3 Å². The molecule has 0 saturated carbocycles. The zero-order valence-electron chi connectivity index (χ0n) is 16.6. The smallest absolute Gasteiger partial charge is 0.259 e. The Hall–Kier alpha value is -2.22. The van der Waals surface area contributed by atoms with Crippen LogP contribution in [0, 0.1) is 12.8 Å². The molecular weight excluding hydrogens is 358 g/mol. The van der Waals surface area contributed by atoms with Crippen molar-refractivity contribution in [2.75, 3.05) is 53.0 Å². The van der Waals surface area contributed by atoms with Crippen molar-refractivity contribution in [3.05, 3.63) is 41.7 Å². The Kier molecular flexibility index (Phi) is 7.19. The summed E-state index contributed by atoms with van der Waals surface area (Å²) in [6, 6.07) is 9.64. The van der Waals surface area contributed by atoms with Crippen molar-refractivity contribution in [3.8, 4) is 11.3 Å². The molecule has 1 aromatic heterocycles. The Labute approximate surface area is 165 Å².